The van der Waals surface area contributed by atoms with E-state index in [1.54, 1.807) is 18.2 Å². The molecule has 0 atom stereocenters. The van der Waals surface area contributed by atoms with E-state index in [1.165, 1.54) is 21.3 Å². The third-order valence-electron chi connectivity index (χ3n) is 3.39. The molecule has 23 heavy (non-hydrogen) atoms. The molecule has 0 aliphatic rings. The van der Waals surface area contributed by atoms with Crippen molar-refractivity contribution in [2.45, 2.75) is 6.92 Å². The molecular formula is C17H18ClNO4. The maximum absolute atomic E-state index is 12.5. The van der Waals surface area contributed by atoms with E-state index in [4.69, 9.17) is 25.8 Å². The van der Waals surface area contributed by atoms with Gasteiger partial charge in [0.2, 0.25) is 5.75 Å². The molecule has 0 fully saturated rings. The maximum Gasteiger partial charge on any atom is 0.255 e. The molecule has 0 unspecified atom stereocenters. The summed E-state index contributed by atoms with van der Waals surface area (Å²) in [4.78, 5) is 12.5. The zero-order chi connectivity index (χ0) is 17.0. The number of para-hydroxylation sites is 1. The van der Waals surface area contributed by atoms with E-state index in [-0.39, 0.29) is 5.91 Å². The number of methoxy groups -OCH3 is 3. The number of carbonyl (C=O) groups is 1. The van der Waals surface area contributed by atoms with Crippen molar-refractivity contribution in [2.75, 3.05) is 26.6 Å². The summed E-state index contributed by atoms with van der Waals surface area (Å²) in [6, 6.07) is 8.59. The average Bonchev–Trinajstić information content (AvgIpc) is 2.56. The summed E-state index contributed by atoms with van der Waals surface area (Å²) in [5.74, 6) is 0.932. The predicted octanol–water partition coefficient (Wildman–Crippen LogP) is 3.93. The SMILES string of the molecule is COc1cc(C(=O)Nc2c(C)cccc2Cl)cc(OC)c1OC. The molecule has 0 aromatic heterocycles. The highest BCUT2D eigenvalue weighted by Crippen LogP contribution is 2.38. The van der Waals surface area contributed by atoms with Gasteiger partial charge in [-0.3, -0.25) is 4.79 Å². The molecule has 0 heterocycles. The Morgan fingerprint density at radius 3 is 2.13 bits per heavy atom. The Balaban J connectivity index is 2.40. The van der Waals surface area contributed by atoms with E-state index >= 15 is 0 Å². The van der Waals surface area contributed by atoms with Crippen LogP contribution in [-0.4, -0.2) is 27.2 Å². The summed E-state index contributed by atoms with van der Waals surface area (Å²) in [7, 11) is 4.50. The van der Waals surface area contributed by atoms with E-state index in [0.717, 1.165) is 5.56 Å². The van der Waals surface area contributed by atoms with Crippen LogP contribution in [0.2, 0.25) is 5.02 Å². The van der Waals surface area contributed by atoms with E-state index in [1.807, 2.05) is 19.1 Å². The van der Waals surface area contributed by atoms with Gasteiger partial charge in [-0.1, -0.05) is 23.7 Å². The summed E-state index contributed by atoms with van der Waals surface area (Å²) in [5, 5.41) is 3.29. The van der Waals surface area contributed by atoms with Crippen LogP contribution in [0.5, 0.6) is 17.2 Å². The molecule has 0 bridgehead atoms. The number of nitrogens with one attached hydrogen (secondary N) is 1. The fourth-order valence-electron chi connectivity index (χ4n) is 2.19. The van der Waals surface area contributed by atoms with Crippen LogP contribution in [-0.2, 0) is 0 Å². The first-order valence-corrected chi connectivity index (χ1v) is 7.26. The lowest BCUT2D eigenvalue weighted by atomic mass is 10.1. The van der Waals surface area contributed by atoms with Gasteiger partial charge in [0.25, 0.3) is 5.91 Å². The number of ether oxygens (including phenoxy) is 3. The zero-order valence-electron chi connectivity index (χ0n) is 13.4. The monoisotopic (exact) mass is 335 g/mol. The van der Waals surface area contributed by atoms with E-state index in [0.29, 0.717) is 33.5 Å². The molecule has 0 aliphatic heterocycles. The van der Waals surface area contributed by atoms with Crippen molar-refractivity contribution in [2.24, 2.45) is 0 Å². The molecule has 2 aromatic rings. The molecule has 0 radical (unpaired) electrons. The molecular weight excluding hydrogens is 318 g/mol. The van der Waals surface area contributed by atoms with E-state index in [9.17, 15) is 4.79 Å². The summed E-state index contributed by atoms with van der Waals surface area (Å²) in [6.07, 6.45) is 0. The highest BCUT2D eigenvalue weighted by atomic mass is 35.5. The molecule has 0 aliphatic carbocycles. The zero-order valence-corrected chi connectivity index (χ0v) is 14.2. The molecule has 6 heteroatoms. The van der Waals surface area contributed by atoms with Crippen LogP contribution >= 0.6 is 11.6 Å². The Kier molecular flexibility index (Phi) is 5.34. The topological polar surface area (TPSA) is 56.8 Å². The van der Waals surface area contributed by atoms with Crippen LogP contribution < -0.4 is 19.5 Å². The Morgan fingerprint density at radius 2 is 1.65 bits per heavy atom. The number of hydrogen-bond acceptors (Lipinski definition) is 4. The number of rotatable bonds is 5. The minimum atomic E-state index is -0.319. The number of hydrogen-bond donors (Lipinski definition) is 1. The fourth-order valence-corrected chi connectivity index (χ4v) is 2.46. The molecule has 2 aromatic carbocycles. The van der Waals surface area contributed by atoms with E-state index in [2.05, 4.69) is 5.32 Å². The van der Waals surface area contributed by atoms with Gasteiger partial charge in [-0.2, -0.15) is 0 Å². The Labute approximate surface area is 140 Å². The molecule has 1 N–H and O–H groups in total. The largest absolute Gasteiger partial charge is 0.493 e. The van der Waals surface area contributed by atoms with Gasteiger partial charge < -0.3 is 19.5 Å². The van der Waals surface area contributed by atoms with Crippen molar-refractivity contribution in [3.63, 3.8) is 0 Å². The first-order chi connectivity index (χ1) is 11.0. The highest BCUT2D eigenvalue weighted by molar-refractivity contribution is 6.34. The van der Waals surface area contributed by atoms with Crippen molar-refractivity contribution in [3.05, 3.63) is 46.5 Å². The minimum Gasteiger partial charge on any atom is -0.493 e. The average molecular weight is 336 g/mol. The second-order valence-electron chi connectivity index (χ2n) is 4.80. The van der Waals surface area contributed by atoms with Gasteiger partial charge in [-0.05, 0) is 30.7 Å². The minimum absolute atomic E-state index is 0.319. The van der Waals surface area contributed by atoms with Crippen molar-refractivity contribution >= 4 is 23.2 Å². The summed E-state index contributed by atoms with van der Waals surface area (Å²) >= 11 is 6.14. The van der Waals surface area contributed by atoms with Crippen LogP contribution in [0.3, 0.4) is 0 Å². The molecule has 1 amide bonds. The third-order valence-corrected chi connectivity index (χ3v) is 3.70. The lowest BCUT2D eigenvalue weighted by Crippen LogP contribution is -2.13. The normalized spacial score (nSPS) is 10.1. The van der Waals surface area contributed by atoms with Crippen LogP contribution in [0.15, 0.2) is 30.3 Å². The lowest BCUT2D eigenvalue weighted by molar-refractivity contribution is 0.102. The number of anilines is 1. The van der Waals surface area contributed by atoms with Gasteiger partial charge in [0.15, 0.2) is 11.5 Å². The molecule has 5 nitrogen and oxygen atoms in total. The van der Waals surface area contributed by atoms with E-state index < -0.39 is 0 Å². The molecule has 0 spiro atoms. The first kappa shape index (κ1) is 17.0. The maximum atomic E-state index is 12.5. The van der Waals surface area contributed by atoms with Crippen LogP contribution in [0.1, 0.15) is 15.9 Å². The highest BCUT2D eigenvalue weighted by Gasteiger charge is 2.18. The van der Waals surface area contributed by atoms with Gasteiger partial charge in [-0.15, -0.1) is 0 Å². The Bertz CT molecular complexity index is 685. The van der Waals surface area contributed by atoms with Gasteiger partial charge in [0, 0.05) is 5.56 Å². The lowest BCUT2D eigenvalue weighted by Gasteiger charge is -2.15. The van der Waals surface area contributed by atoms with Crippen LogP contribution in [0, 0.1) is 6.92 Å². The summed E-state index contributed by atoms with van der Waals surface area (Å²) in [6.45, 7) is 1.87. The van der Waals surface area contributed by atoms with Crippen molar-refractivity contribution in [1.82, 2.24) is 0 Å². The molecule has 0 saturated heterocycles. The number of halogens is 1. The number of aryl methyl sites for hydroxylation is 1. The first-order valence-electron chi connectivity index (χ1n) is 6.88. The van der Waals surface area contributed by atoms with Gasteiger partial charge >= 0.3 is 0 Å². The molecule has 0 saturated carbocycles. The third kappa shape index (κ3) is 3.51. The van der Waals surface area contributed by atoms with Crippen LogP contribution in [0.4, 0.5) is 5.69 Å². The van der Waals surface area contributed by atoms with Gasteiger partial charge in [0.1, 0.15) is 0 Å². The van der Waals surface area contributed by atoms with Gasteiger partial charge in [-0.25, -0.2) is 0 Å². The number of carbonyl (C=O) groups excluding carboxylic acids is 1. The van der Waals surface area contributed by atoms with Crippen molar-refractivity contribution in [3.8, 4) is 17.2 Å². The van der Waals surface area contributed by atoms with Crippen LogP contribution in [0.25, 0.3) is 0 Å². The second-order valence-corrected chi connectivity index (χ2v) is 5.21. The standard InChI is InChI=1S/C17H18ClNO4/c1-10-6-5-7-12(18)15(10)19-17(20)11-8-13(21-2)16(23-4)14(9-11)22-3/h5-9H,1-4H3,(H,19,20). The second kappa shape index (κ2) is 7.24. The summed E-state index contributed by atoms with van der Waals surface area (Å²) < 4.78 is 15.8. The van der Waals surface area contributed by atoms with Gasteiger partial charge in [0.05, 0.1) is 32.0 Å². The predicted molar refractivity (Wildman–Crippen MR) is 90.2 cm³/mol. The summed E-state index contributed by atoms with van der Waals surface area (Å²) in [5.41, 5.74) is 1.82. The Hall–Kier alpha value is -2.40. The smallest absolute Gasteiger partial charge is 0.255 e. The molecule has 2 rings (SSSR count). The van der Waals surface area contributed by atoms with Crippen molar-refractivity contribution < 1.29 is 19.0 Å². The fraction of sp³-hybridized carbons (Fsp3) is 0.235. The van der Waals surface area contributed by atoms with Crippen molar-refractivity contribution in [1.29, 1.82) is 0 Å². The number of amides is 1. The quantitative estimate of drug-likeness (QED) is 0.899. The molecule has 122 valence electrons. The Morgan fingerprint density at radius 1 is 1.04 bits per heavy atom. The number of benzene rings is 2.